The fraction of sp³-hybridized carbons (Fsp3) is 0.294. The van der Waals surface area contributed by atoms with Crippen LogP contribution in [-0.4, -0.2) is 13.7 Å². The maximum Gasteiger partial charge on any atom is 0.162 e. The van der Waals surface area contributed by atoms with Gasteiger partial charge in [-0.15, -0.1) is 0 Å². The van der Waals surface area contributed by atoms with Crippen LogP contribution in [0.5, 0.6) is 11.5 Å². The van der Waals surface area contributed by atoms with Crippen molar-refractivity contribution < 1.29 is 9.47 Å². The zero-order chi connectivity index (χ0) is 16.8. The number of hydrogen-bond acceptors (Lipinski definition) is 3. The van der Waals surface area contributed by atoms with E-state index in [1.165, 1.54) is 0 Å². The quantitative estimate of drug-likeness (QED) is 0.583. The van der Waals surface area contributed by atoms with Gasteiger partial charge in [-0.1, -0.05) is 46.1 Å². The van der Waals surface area contributed by atoms with Gasteiger partial charge in [-0.3, -0.25) is 0 Å². The van der Waals surface area contributed by atoms with Crippen molar-refractivity contribution in [2.24, 2.45) is 0 Å². The Morgan fingerprint density at radius 1 is 1.04 bits per heavy atom. The average Bonchev–Trinajstić information content (AvgIpc) is 2.51. The van der Waals surface area contributed by atoms with Crippen molar-refractivity contribution in [2.45, 2.75) is 19.9 Å². The van der Waals surface area contributed by atoms with Crippen molar-refractivity contribution in [2.75, 3.05) is 19.0 Å². The molecule has 1 N–H and O–H groups in total. The summed E-state index contributed by atoms with van der Waals surface area (Å²) in [6, 6.07) is 9.24. The molecule has 2 aromatic carbocycles. The number of rotatable bonds is 7. The summed E-state index contributed by atoms with van der Waals surface area (Å²) >= 11 is 15.6. The van der Waals surface area contributed by atoms with Crippen LogP contribution >= 0.6 is 39.1 Å². The van der Waals surface area contributed by atoms with Crippen molar-refractivity contribution in [3.63, 3.8) is 0 Å². The van der Waals surface area contributed by atoms with Gasteiger partial charge in [0.1, 0.15) is 0 Å². The molecule has 2 aromatic rings. The SMILES string of the molecule is CCCOc1cc(Br)c(CNc2cc(Cl)cc(Cl)c2)cc1OC. The van der Waals surface area contributed by atoms with Gasteiger partial charge in [0.25, 0.3) is 0 Å². The number of benzene rings is 2. The lowest BCUT2D eigenvalue weighted by Gasteiger charge is -2.14. The van der Waals surface area contributed by atoms with E-state index >= 15 is 0 Å². The molecule has 6 heteroatoms. The molecule has 23 heavy (non-hydrogen) atoms. The first-order valence-corrected chi connectivity index (χ1v) is 8.77. The second-order valence-corrected chi connectivity index (χ2v) is 6.68. The first-order chi connectivity index (χ1) is 11.0. The highest BCUT2D eigenvalue weighted by Crippen LogP contribution is 2.34. The number of anilines is 1. The van der Waals surface area contributed by atoms with Gasteiger partial charge in [0, 0.05) is 26.8 Å². The summed E-state index contributed by atoms with van der Waals surface area (Å²) in [5.41, 5.74) is 1.90. The molecule has 0 atom stereocenters. The fourth-order valence-corrected chi connectivity index (χ4v) is 3.04. The topological polar surface area (TPSA) is 30.5 Å². The van der Waals surface area contributed by atoms with E-state index in [9.17, 15) is 0 Å². The molecule has 0 heterocycles. The molecule has 0 aliphatic heterocycles. The molecule has 0 amide bonds. The van der Waals surface area contributed by atoms with E-state index in [1.54, 1.807) is 13.2 Å². The van der Waals surface area contributed by atoms with E-state index in [0.717, 1.165) is 27.9 Å². The van der Waals surface area contributed by atoms with Gasteiger partial charge in [-0.2, -0.15) is 0 Å². The first-order valence-electron chi connectivity index (χ1n) is 7.22. The van der Waals surface area contributed by atoms with E-state index in [1.807, 2.05) is 24.3 Å². The second kappa shape index (κ2) is 8.67. The zero-order valence-corrected chi connectivity index (χ0v) is 16.1. The van der Waals surface area contributed by atoms with Gasteiger partial charge in [0.2, 0.25) is 0 Å². The molecule has 0 aliphatic rings. The monoisotopic (exact) mass is 417 g/mol. The minimum absolute atomic E-state index is 0.597. The van der Waals surface area contributed by atoms with E-state index < -0.39 is 0 Å². The second-order valence-electron chi connectivity index (χ2n) is 4.95. The lowest BCUT2D eigenvalue weighted by atomic mass is 10.2. The lowest BCUT2D eigenvalue weighted by Crippen LogP contribution is -2.03. The van der Waals surface area contributed by atoms with Crippen molar-refractivity contribution in [1.82, 2.24) is 0 Å². The van der Waals surface area contributed by atoms with E-state index in [-0.39, 0.29) is 0 Å². The molecule has 3 nitrogen and oxygen atoms in total. The number of ether oxygens (including phenoxy) is 2. The Morgan fingerprint density at radius 2 is 1.74 bits per heavy atom. The molecule has 0 radical (unpaired) electrons. The number of methoxy groups -OCH3 is 1. The summed E-state index contributed by atoms with van der Waals surface area (Å²) in [7, 11) is 1.63. The maximum absolute atomic E-state index is 6.01. The van der Waals surface area contributed by atoms with E-state index in [4.69, 9.17) is 32.7 Å². The zero-order valence-electron chi connectivity index (χ0n) is 13.0. The van der Waals surface area contributed by atoms with Gasteiger partial charge in [0.15, 0.2) is 11.5 Å². The molecule has 0 saturated carbocycles. The Hall–Kier alpha value is -1.10. The molecule has 2 rings (SSSR count). The number of halogens is 3. The first kappa shape index (κ1) is 18.2. The average molecular weight is 419 g/mol. The van der Waals surface area contributed by atoms with Gasteiger partial charge in [0.05, 0.1) is 13.7 Å². The van der Waals surface area contributed by atoms with Crippen molar-refractivity contribution in [1.29, 1.82) is 0 Å². The highest BCUT2D eigenvalue weighted by atomic mass is 79.9. The molecule has 0 saturated heterocycles. The highest BCUT2D eigenvalue weighted by molar-refractivity contribution is 9.10. The Bertz CT molecular complexity index is 660. The Morgan fingerprint density at radius 3 is 2.35 bits per heavy atom. The maximum atomic E-state index is 6.01. The predicted molar refractivity (Wildman–Crippen MR) is 100 cm³/mol. The third kappa shape index (κ3) is 5.20. The molecular weight excluding hydrogens is 401 g/mol. The number of nitrogens with one attached hydrogen (secondary N) is 1. The Kier molecular flexibility index (Phi) is 6.88. The lowest BCUT2D eigenvalue weighted by molar-refractivity contribution is 0.294. The summed E-state index contributed by atoms with van der Waals surface area (Å²) in [5, 5.41) is 4.50. The summed E-state index contributed by atoms with van der Waals surface area (Å²) in [4.78, 5) is 0. The van der Waals surface area contributed by atoms with Crippen LogP contribution < -0.4 is 14.8 Å². The van der Waals surface area contributed by atoms with Crippen molar-refractivity contribution in [3.8, 4) is 11.5 Å². The van der Waals surface area contributed by atoms with Crippen LogP contribution in [0.15, 0.2) is 34.8 Å². The largest absolute Gasteiger partial charge is 0.493 e. The minimum Gasteiger partial charge on any atom is -0.493 e. The highest BCUT2D eigenvalue weighted by Gasteiger charge is 2.10. The molecule has 124 valence electrons. The Labute approximate surface area is 155 Å². The Balaban J connectivity index is 2.16. The third-order valence-corrected chi connectivity index (χ3v) is 4.31. The molecular formula is C17H18BrCl2NO2. The predicted octanol–water partition coefficient (Wildman–Crippen LogP) is 6.17. The minimum atomic E-state index is 0.597. The molecule has 0 aromatic heterocycles. The standard InChI is InChI=1S/C17H18BrCl2NO2/c1-3-4-23-17-9-15(18)11(5-16(17)22-2)10-21-14-7-12(19)6-13(20)8-14/h5-9,21H,3-4,10H2,1-2H3. The van der Waals surface area contributed by atoms with Crippen LogP contribution in [0, 0.1) is 0 Å². The smallest absolute Gasteiger partial charge is 0.162 e. The van der Waals surface area contributed by atoms with Crippen LogP contribution in [0.4, 0.5) is 5.69 Å². The van der Waals surface area contributed by atoms with E-state index in [2.05, 4.69) is 28.2 Å². The van der Waals surface area contributed by atoms with Gasteiger partial charge in [-0.25, -0.2) is 0 Å². The molecule has 0 unspecified atom stereocenters. The van der Waals surface area contributed by atoms with Gasteiger partial charge >= 0.3 is 0 Å². The third-order valence-electron chi connectivity index (χ3n) is 3.14. The summed E-state index contributed by atoms with van der Waals surface area (Å²) in [6.07, 6.45) is 0.944. The van der Waals surface area contributed by atoms with Crippen LogP contribution in [0.1, 0.15) is 18.9 Å². The molecule has 0 fully saturated rings. The molecule has 0 bridgehead atoms. The van der Waals surface area contributed by atoms with Gasteiger partial charge < -0.3 is 14.8 Å². The normalized spacial score (nSPS) is 10.5. The summed E-state index contributed by atoms with van der Waals surface area (Å²) in [5.74, 6) is 1.44. The van der Waals surface area contributed by atoms with Crippen LogP contribution in [0.2, 0.25) is 10.0 Å². The molecule has 0 aliphatic carbocycles. The fourth-order valence-electron chi connectivity index (χ4n) is 2.05. The van der Waals surface area contributed by atoms with Crippen LogP contribution in [0.3, 0.4) is 0 Å². The summed E-state index contributed by atoms with van der Waals surface area (Å²) < 4.78 is 12.1. The molecule has 0 spiro atoms. The summed E-state index contributed by atoms with van der Waals surface area (Å²) in [6.45, 7) is 3.32. The van der Waals surface area contributed by atoms with E-state index in [0.29, 0.717) is 28.9 Å². The van der Waals surface area contributed by atoms with Crippen molar-refractivity contribution >= 4 is 44.8 Å². The number of hydrogen-bond donors (Lipinski definition) is 1. The van der Waals surface area contributed by atoms with Crippen molar-refractivity contribution in [3.05, 3.63) is 50.4 Å². The van der Waals surface area contributed by atoms with Gasteiger partial charge in [-0.05, 0) is 42.3 Å². The van der Waals surface area contributed by atoms with Crippen LogP contribution in [0.25, 0.3) is 0 Å². The van der Waals surface area contributed by atoms with Crippen LogP contribution in [-0.2, 0) is 6.54 Å².